The summed E-state index contributed by atoms with van der Waals surface area (Å²) in [6, 6.07) is 15.5. The molecule has 0 fully saturated rings. The molecule has 0 aliphatic carbocycles. The first kappa shape index (κ1) is 17.3. The van der Waals surface area contributed by atoms with Crippen LogP contribution in [0.5, 0.6) is 11.5 Å². The van der Waals surface area contributed by atoms with Crippen LogP contribution in [0.1, 0.15) is 11.3 Å². The van der Waals surface area contributed by atoms with Crippen LogP contribution in [-0.4, -0.2) is 22.8 Å². The molecular weight excluding hydrogens is 354 g/mol. The van der Waals surface area contributed by atoms with Gasteiger partial charge in [0.1, 0.15) is 6.33 Å². The minimum atomic E-state index is -3.67. The third-order valence-electron chi connectivity index (χ3n) is 4.43. The quantitative estimate of drug-likeness (QED) is 0.733. The maximum Gasteiger partial charge on any atom is 0.586 e. The highest BCUT2D eigenvalue weighted by Crippen LogP contribution is 2.42. The van der Waals surface area contributed by atoms with Crippen molar-refractivity contribution in [2.24, 2.45) is 11.5 Å². The summed E-state index contributed by atoms with van der Waals surface area (Å²) in [4.78, 5) is 8.51. The number of hydrogen-bond donors (Lipinski definition) is 2. The number of halogens is 2. The standard InChI is InChI=1S/C19H16F2N4O2/c20-19(21)26-15-7-6-12(8-16(15)27-19)14-9-17(25-11-24-14)18(23,10-22)13-4-2-1-3-5-13/h1-9,11H,10,22-23H2. The number of nitrogens with zero attached hydrogens (tertiary/aromatic N) is 2. The molecule has 0 spiro atoms. The van der Waals surface area contributed by atoms with Crippen molar-refractivity contribution in [3.8, 4) is 22.8 Å². The van der Waals surface area contributed by atoms with Crippen LogP contribution in [0, 0.1) is 0 Å². The van der Waals surface area contributed by atoms with Crippen LogP contribution in [0.4, 0.5) is 8.78 Å². The molecule has 27 heavy (non-hydrogen) atoms. The Kier molecular flexibility index (Phi) is 4.01. The topological polar surface area (TPSA) is 96.3 Å². The molecule has 1 aromatic heterocycles. The third kappa shape index (κ3) is 3.09. The molecule has 0 radical (unpaired) electrons. The van der Waals surface area contributed by atoms with Gasteiger partial charge in [-0.05, 0) is 29.8 Å². The van der Waals surface area contributed by atoms with Crippen LogP contribution in [0.15, 0.2) is 60.9 Å². The van der Waals surface area contributed by atoms with Gasteiger partial charge >= 0.3 is 6.29 Å². The molecule has 0 bridgehead atoms. The number of rotatable bonds is 4. The molecule has 6 nitrogen and oxygen atoms in total. The van der Waals surface area contributed by atoms with Gasteiger partial charge in [0.25, 0.3) is 0 Å². The van der Waals surface area contributed by atoms with Crippen molar-refractivity contribution in [1.82, 2.24) is 9.97 Å². The number of aromatic nitrogens is 2. The van der Waals surface area contributed by atoms with Gasteiger partial charge in [-0.2, -0.15) is 0 Å². The lowest BCUT2D eigenvalue weighted by molar-refractivity contribution is -0.286. The van der Waals surface area contributed by atoms with Gasteiger partial charge in [-0.15, -0.1) is 8.78 Å². The van der Waals surface area contributed by atoms with E-state index in [1.165, 1.54) is 18.5 Å². The van der Waals surface area contributed by atoms with Gasteiger partial charge in [-0.3, -0.25) is 0 Å². The highest BCUT2D eigenvalue weighted by Gasteiger charge is 2.43. The summed E-state index contributed by atoms with van der Waals surface area (Å²) in [6.45, 7) is 0.126. The van der Waals surface area contributed by atoms with E-state index in [0.29, 0.717) is 17.0 Å². The average molecular weight is 370 g/mol. The summed E-state index contributed by atoms with van der Waals surface area (Å²) in [5.41, 5.74) is 13.9. The van der Waals surface area contributed by atoms with Crippen molar-refractivity contribution in [3.05, 3.63) is 72.2 Å². The van der Waals surface area contributed by atoms with Crippen LogP contribution in [0.3, 0.4) is 0 Å². The maximum absolute atomic E-state index is 13.2. The highest BCUT2D eigenvalue weighted by atomic mass is 19.3. The molecule has 4 N–H and O–H groups in total. The van der Waals surface area contributed by atoms with Crippen molar-refractivity contribution in [1.29, 1.82) is 0 Å². The zero-order valence-corrected chi connectivity index (χ0v) is 14.1. The second-order valence-electron chi connectivity index (χ2n) is 6.16. The Balaban J connectivity index is 1.74. The summed E-state index contributed by atoms with van der Waals surface area (Å²) < 4.78 is 35.4. The lowest BCUT2D eigenvalue weighted by Gasteiger charge is -2.28. The summed E-state index contributed by atoms with van der Waals surface area (Å²) in [5.74, 6) is -0.0870. The van der Waals surface area contributed by atoms with E-state index in [9.17, 15) is 8.78 Å². The molecular formula is C19H16F2N4O2. The first-order valence-electron chi connectivity index (χ1n) is 8.18. The Morgan fingerprint density at radius 3 is 2.44 bits per heavy atom. The summed E-state index contributed by atoms with van der Waals surface area (Å²) in [5, 5.41) is 0. The first-order chi connectivity index (χ1) is 12.9. The normalized spacial score (nSPS) is 16.7. The van der Waals surface area contributed by atoms with Crippen molar-refractivity contribution in [2.75, 3.05) is 6.54 Å². The van der Waals surface area contributed by atoms with E-state index in [0.717, 1.165) is 5.56 Å². The van der Waals surface area contributed by atoms with Crippen LogP contribution < -0.4 is 20.9 Å². The Hall–Kier alpha value is -3.10. The molecule has 4 rings (SSSR count). The fraction of sp³-hybridized carbons (Fsp3) is 0.158. The number of alkyl halides is 2. The Labute approximate surface area is 153 Å². The molecule has 2 heterocycles. The predicted molar refractivity (Wildman–Crippen MR) is 94.1 cm³/mol. The fourth-order valence-corrected chi connectivity index (χ4v) is 2.97. The molecule has 1 atom stereocenters. The Morgan fingerprint density at radius 2 is 1.70 bits per heavy atom. The van der Waals surface area contributed by atoms with Gasteiger partial charge in [-0.1, -0.05) is 30.3 Å². The van der Waals surface area contributed by atoms with Crippen molar-refractivity contribution in [2.45, 2.75) is 11.8 Å². The van der Waals surface area contributed by atoms with Crippen LogP contribution >= 0.6 is 0 Å². The molecule has 1 unspecified atom stereocenters. The molecule has 138 valence electrons. The van der Waals surface area contributed by atoms with Crippen LogP contribution in [0.2, 0.25) is 0 Å². The lowest BCUT2D eigenvalue weighted by atomic mass is 9.87. The number of benzene rings is 2. The summed E-state index contributed by atoms with van der Waals surface area (Å²) in [6.07, 6.45) is -2.30. The third-order valence-corrected chi connectivity index (χ3v) is 4.43. The molecule has 2 aromatic carbocycles. The lowest BCUT2D eigenvalue weighted by Crippen LogP contribution is -2.45. The zero-order chi connectivity index (χ0) is 19.1. The van der Waals surface area contributed by atoms with Crippen LogP contribution in [0.25, 0.3) is 11.3 Å². The number of hydrogen-bond acceptors (Lipinski definition) is 6. The maximum atomic E-state index is 13.2. The fourth-order valence-electron chi connectivity index (χ4n) is 2.97. The van der Waals surface area contributed by atoms with Crippen molar-refractivity contribution < 1.29 is 18.3 Å². The van der Waals surface area contributed by atoms with E-state index in [1.54, 1.807) is 12.1 Å². The molecule has 8 heteroatoms. The Bertz CT molecular complexity index is 984. The van der Waals surface area contributed by atoms with Crippen LogP contribution in [-0.2, 0) is 5.54 Å². The first-order valence-corrected chi connectivity index (χ1v) is 8.18. The van der Waals surface area contributed by atoms with E-state index < -0.39 is 11.8 Å². The smallest absolute Gasteiger partial charge is 0.395 e. The van der Waals surface area contributed by atoms with E-state index in [-0.39, 0.29) is 18.0 Å². The van der Waals surface area contributed by atoms with E-state index in [4.69, 9.17) is 11.5 Å². The van der Waals surface area contributed by atoms with E-state index >= 15 is 0 Å². The predicted octanol–water partition coefficient (Wildman–Crippen LogP) is 2.63. The highest BCUT2D eigenvalue weighted by molar-refractivity contribution is 5.65. The zero-order valence-electron chi connectivity index (χ0n) is 14.1. The molecule has 1 aliphatic heterocycles. The van der Waals surface area contributed by atoms with Crippen molar-refractivity contribution in [3.63, 3.8) is 0 Å². The largest absolute Gasteiger partial charge is 0.586 e. The van der Waals surface area contributed by atoms with E-state index in [2.05, 4.69) is 19.4 Å². The molecule has 0 saturated heterocycles. The second-order valence-corrected chi connectivity index (χ2v) is 6.16. The van der Waals surface area contributed by atoms with Gasteiger partial charge in [0, 0.05) is 12.1 Å². The SMILES string of the molecule is NCC(N)(c1ccccc1)c1cc(-c2ccc3c(c2)OC(F)(F)O3)ncn1. The minimum Gasteiger partial charge on any atom is -0.395 e. The molecule has 1 aliphatic rings. The number of fused-ring (bicyclic) bond motifs is 1. The summed E-state index contributed by atoms with van der Waals surface area (Å²) >= 11 is 0. The molecule has 3 aromatic rings. The molecule has 0 amide bonds. The summed E-state index contributed by atoms with van der Waals surface area (Å²) in [7, 11) is 0. The monoisotopic (exact) mass is 370 g/mol. The van der Waals surface area contributed by atoms with Gasteiger partial charge in [0.05, 0.1) is 16.9 Å². The number of nitrogens with two attached hydrogens (primary N) is 2. The minimum absolute atomic E-state index is 0.0301. The van der Waals surface area contributed by atoms with E-state index in [1.807, 2.05) is 30.3 Å². The van der Waals surface area contributed by atoms with Gasteiger partial charge in [-0.25, -0.2) is 9.97 Å². The van der Waals surface area contributed by atoms with Gasteiger partial charge in [0.15, 0.2) is 11.5 Å². The van der Waals surface area contributed by atoms with Crippen molar-refractivity contribution >= 4 is 0 Å². The average Bonchev–Trinajstić information content (AvgIpc) is 3.01. The number of ether oxygens (including phenoxy) is 2. The molecule has 0 saturated carbocycles. The van der Waals surface area contributed by atoms with Gasteiger partial charge in [0.2, 0.25) is 0 Å². The second kappa shape index (κ2) is 6.26. The Morgan fingerprint density at radius 1 is 0.963 bits per heavy atom. The van der Waals surface area contributed by atoms with Gasteiger partial charge < -0.3 is 20.9 Å².